The first kappa shape index (κ1) is 13.0. The zero-order chi connectivity index (χ0) is 11.1. The Hall–Kier alpha value is -0.0400. The summed E-state index contributed by atoms with van der Waals surface area (Å²) < 4.78 is 0. The van der Waals surface area contributed by atoms with E-state index in [4.69, 9.17) is 0 Å². The topological polar surface area (TPSA) is 12.0 Å². The number of hydrogen-bond acceptors (Lipinski definition) is 1. The van der Waals surface area contributed by atoms with Gasteiger partial charge >= 0.3 is 0 Å². The van der Waals surface area contributed by atoms with Crippen LogP contribution >= 0.6 is 0 Å². The van der Waals surface area contributed by atoms with Crippen LogP contribution in [0.1, 0.15) is 72.1 Å². The van der Waals surface area contributed by atoms with Crippen LogP contribution in [0.4, 0.5) is 0 Å². The average molecular weight is 211 g/mol. The van der Waals surface area contributed by atoms with Crippen molar-refractivity contribution in [2.24, 2.45) is 5.92 Å². The highest BCUT2D eigenvalue weighted by Gasteiger charge is 2.26. The van der Waals surface area contributed by atoms with Crippen LogP contribution in [-0.2, 0) is 0 Å². The molecule has 1 nitrogen and oxygen atoms in total. The van der Waals surface area contributed by atoms with Crippen LogP contribution in [0.5, 0.6) is 0 Å². The van der Waals surface area contributed by atoms with Gasteiger partial charge in [0.25, 0.3) is 0 Å². The molecule has 0 aromatic heterocycles. The fourth-order valence-corrected chi connectivity index (χ4v) is 2.89. The van der Waals surface area contributed by atoms with Gasteiger partial charge in [-0.15, -0.1) is 0 Å². The van der Waals surface area contributed by atoms with Gasteiger partial charge in [0.1, 0.15) is 0 Å². The lowest BCUT2D eigenvalue weighted by molar-refractivity contribution is 0.343. The molecule has 1 N–H and O–H groups in total. The minimum Gasteiger partial charge on any atom is -0.311 e. The molecule has 0 saturated heterocycles. The zero-order valence-electron chi connectivity index (χ0n) is 10.9. The minimum atomic E-state index is 0.730. The van der Waals surface area contributed by atoms with E-state index in [-0.39, 0.29) is 0 Å². The first-order chi connectivity index (χ1) is 7.27. The summed E-state index contributed by atoms with van der Waals surface area (Å²) in [6.45, 7) is 6.98. The van der Waals surface area contributed by atoms with Crippen LogP contribution in [0.15, 0.2) is 0 Å². The molecule has 3 atom stereocenters. The van der Waals surface area contributed by atoms with Crippen molar-refractivity contribution in [1.82, 2.24) is 5.32 Å². The highest BCUT2D eigenvalue weighted by molar-refractivity contribution is 4.84. The Morgan fingerprint density at radius 3 is 2.67 bits per heavy atom. The van der Waals surface area contributed by atoms with Gasteiger partial charge in [-0.25, -0.2) is 0 Å². The van der Waals surface area contributed by atoms with Gasteiger partial charge < -0.3 is 5.32 Å². The second kappa shape index (κ2) is 7.27. The van der Waals surface area contributed by atoms with Gasteiger partial charge in [-0.05, 0) is 32.1 Å². The fourth-order valence-electron chi connectivity index (χ4n) is 2.89. The third kappa shape index (κ3) is 4.55. The highest BCUT2D eigenvalue weighted by Crippen LogP contribution is 2.28. The third-order valence-corrected chi connectivity index (χ3v) is 3.92. The Bertz CT molecular complexity index is 155. The largest absolute Gasteiger partial charge is 0.311 e. The van der Waals surface area contributed by atoms with E-state index in [1.54, 1.807) is 0 Å². The van der Waals surface area contributed by atoms with E-state index < -0.39 is 0 Å². The van der Waals surface area contributed by atoms with E-state index in [9.17, 15) is 0 Å². The molecule has 0 aliphatic heterocycles. The van der Waals surface area contributed by atoms with Gasteiger partial charge in [-0.1, -0.05) is 46.0 Å². The molecule has 1 aliphatic carbocycles. The summed E-state index contributed by atoms with van der Waals surface area (Å²) >= 11 is 0. The number of unbranched alkanes of at least 4 members (excludes halogenated alkanes) is 2. The van der Waals surface area contributed by atoms with E-state index in [2.05, 4.69) is 26.1 Å². The molecular weight excluding hydrogens is 182 g/mol. The van der Waals surface area contributed by atoms with Crippen molar-refractivity contribution in [3.8, 4) is 0 Å². The lowest BCUT2D eigenvalue weighted by atomic mass is 9.99. The van der Waals surface area contributed by atoms with Gasteiger partial charge in [0.2, 0.25) is 0 Å². The molecule has 15 heavy (non-hydrogen) atoms. The smallest absolute Gasteiger partial charge is 0.00977 e. The molecule has 0 radical (unpaired) electrons. The van der Waals surface area contributed by atoms with Crippen molar-refractivity contribution in [2.45, 2.75) is 84.2 Å². The average Bonchev–Trinajstić information content (AvgIpc) is 2.65. The maximum absolute atomic E-state index is 3.84. The molecule has 1 fully saturated rings. The van der Waals surface area contributed by atoms with Crippen molar-refractivity contribution >= 4 is 0 Å². The molecule has 0 aromatic carbocycles. The van der Waals surface area contributed by atoms with Gasteiger partial charge in [-0.2, -0.15) is 0 Å². The Morgan fingerprint density at radius 2 is 2.00 bits per heavy atom. The van der Waals surface area contributed by atoms with Crippen LogP contribution < -0.4 is 5.32 Å². The van der Waals surface area contributed by atoms with Crippen molar-refractivity contribution in [3.63, 3.8) is 0 Å². The van der Waals surface area contributed by atoms with Crippen LogP contribution in [0.2, 0.25) is 0 Å². The number of nitrogens with one attached hydrogen (secondary N) is 1. The van der Waals surface area contributed by atoms with E-state index >= 15 is 0 Å². The zero-order valence-corrected chi connectivity index (χ0v) is 10.9. The van der Waals surface area contributed by atoms with E-state index in [1.807, 2.05) is 0 Å². The molecule has 0 aromatic rings. The quantitative estimate of drug-likeness (QED) is 0.625. The lowest BCUT2D eigenvalue weighted by Crippen LogP contribution is -2.38. The summed E-state index contributed by atoms with van der Waals surface area (Å²) in [6.07, 6.45) is 11.2. The highest BCUT2D eigenvalue weighted by atomic mass is 15.0. The Balaban J connectivity index is 2.15. The van der Waals surface area contributed by atoms with Crippen LogP contribution in [0, 0.1) is 5.92 Å². The second-order valence-corrected chi connectivity index (χ2v) is 5.27. The number of rotatable bonds is 7. The fraction of sp³-hybridized carbons (Fsp3) is 1.00. The molecule has 3 unspecified atom stereocenters. The van der Waals surface area contributed by atoms with Crippen LogP contribution in [-0.4, -0.2) is 12.1 Å². The summed E-state index contributed by atoms with van der Waals surface area (Å²) in [7, 11) is 0. The predicted octanol–water partition coefficient (Wildman–Crippen LogP) is 4.12. The monoisotopic (exact) mass is 211 g/mol. The van der Waals surface area contributed by atoms with E-state index in [0.29, 0.717) is 0 Å². The summed E-state index contributed by atoms with van der Waals surface area (Å²) in [5, 5.41) is 3.84. The third-order valence-electron chi connectivity index (χ3n) is 3.92. The molecule has 0 bridgehead atoms. The molecule has 0 amide bonds. The van der Waals surface area contributed by atoms with Gasteiger partial charge in [-0.3, -0.25) is 0 Å². The van der Waals surface area contributed by atoms with Crippen molar-refractivity contribution < 1.29 is 0 Å². The summed E-state index contributed by atoms with van der Waals surface area (Å²) in [5.74, 6) is 0.957. The molecule has 0 spiro atoms. The first-order valence-corrected chi connectivity index (χ1v) is 7.04. The van der Waals surface area contributed by atoms with Crippen LogP contribution in [0.3, 0.4) is 0 Å². The molecule has 1 heteroatoms. The standard InChI is InChI=1S/C14H29N/c1-4-6-7-9-12(3)15-14-11-8-10-13(14)5-2/h12-15H,4-11H2,1-3H3. The number of hydrogen-bond donors (Lipinski definition) is 1. The van der Waals surface area contributed by atoms with Crippen LogP contribution in [0.25, 0.3) is 0 Å². The lowest BCUT2D eigenvalue weighted by Gasteiger charge is -2.24. The van der Waals surface area contributed by atoms with E-state index in [0.717, 1.165) is 18.0 Å². The summed E-state index contributed by atoms with van der Waals surface area (Å²) in [6, 6.07) is 1.56. The molecular formula is C14H29N. The Morgan fingerprint density at radius 1 is 1.20 bits per heavy atom. The molecule has 1 aliphatic rings. The first-order valence-electron chi connectivity index (χ1n) is 7.04. The SMILES string of the molecule is CCCCCC(C)NC1CCCC1CC. The van der Waals surface area contributed by atoms with Gasteiger partial charge in [0.05, 0.1) is 0 Å². The summed E-state index contributed by atoms with van der Waals surface area (Å²) in [4.78, 5) is 0. The maximum Gasteiger partial charge on any atom is 0.00977 e. The minimum absolute atomic E-state index is 0.730. The predicted molar refractivity (Wildman–Crippen MR) is 68.2 cm³/mol. The van der Waals surface area contributed by atoms with Crippen molar-refractivity contribution in [1.29, 1.82) is 0 Å². The summed E-state index contributed by atoms with van der Waals surface area (Å²) in [5.41, 5.74) is 0. The second-order valence-electron chi connectivity index (χ2n) is 5.27. The molecule has 1 saturated carbocycles. The van der Waals surface area contributed by atoms with Crippen molar-refractivity contribution in [3.05, 3.63) is 0 Å². The maximum atomic E-state index is 3.84. The van der Waals surface area contributed by atoms with Gasteiger partial charge in [0.15, 0.2) is 0 Å². The normalized spacial score (nSPS) is 28.2. The molecule has 90 valence electrons. The van der Waals surface area contributed by atoms with E-state index in [1.165, 1.54) is 51.4 Å². The van der Waals surface area contributed by atoms with Crippen molar-refractivity contribution in [2.75, 3.05) is 0 Å². The van der Waals surface area contributed by atoms with Gasteiger partial charge in [0, 0.05) is 12.1 Å². The Kier molecular flexibility index (Phi) is 6.31. The molecule has 1 rings (SSSR count). The molecule has 0 heterocycles. The Labute approximate surface area is 96.0 Å².